The molecule has 1 fully saturated rings. The van der Waals surface area contributed by atoms with Crippen LogP contribution in [-0.2, 0) is 21.0 Å². The number of hydrogen-bond acceptors (Lipinski definition) is 6. The molecular weight excluding hydrogens is 369 g/mol. The van der Waals surface area contributed by atoms with Gasteiger partial charge < -0.3 is 4.90 Å². The summed E-state index contributed by atoms with van der Waals surface area (Å²) < 4.78 is 61.8. The molecule has 1 aliphatic rings. The second-order valence-electron chi connectivity index (χ2n) is 5.05. The molecule has 134 valence electrons. The molecule has 1 saturated heterocycles. The van der Waals surface area contributed by atoms with Gasteiger partial charge in [0.15, 0.2) is 5.16 Å². The smallest absolute Gasteiger partial charge is 0.339 e. The van der Waals surface area contributed by atoms with Crippen molar-refractivity contribution in [2.45, 2.75) is 11.3 Å². The van der Waals surface area contributed by atoms with Crippen LogP contribution in [0.3, 0.4) is 0 Å². The van der Waals surface area contributed by atoms with Crippen molar-refractivity contribution in [3.05, 3.63) is 18.0 Å². The van der Waals surface area contributed by atoms with Crippen LogP contribution in [0.2, 0.25) is 0 Å². The van der Waals surface area contributed by atoms with Crippen molar-refractivity contribution in [3.63, 3.8) is 0 Å². The van der Waals surface area contributed by atoms with E-state index in [1.165, 1.54) is 9.21 Å². The monoisotopic (exact) mass is 384 g/mol. The van der Waals surface area contributed by atoms with Crippen LogP contribution in [-0.4, -0.2) is 71.7 Å². The van der Waals surface area contributed by atoms with E-state index >= 15 is 0 Å². The third-order valence-electron chi connectivity index (χ3n) is 3.31. The molecule has 1 aromatic rings. The highest BCUT2D eigenvalue weighted by Gasteiger charge is 2.33. The molecule has 24 heavy (non-hydrogen) atoms. The predicted molar refractivity (Wildman–Crippen MR) is 80.8 cm³/mol. The number of sulfonamides is 1. The summed E-state index contributed by atoms with van der Waals surface area (Å²) >= 11 is 0.814. The zero-order valence-corrected chi connectivity index (χ0v) is 14.3. The van der Waals surface area contributed by atoms with Gasteiger partial charge in [0.05, 0.1) is 12.0 Å². The van der Waals surface area contributed by atoms with Crippen LogP contribution in [0, 0.1) is 0 Å². The number of carbonyl (C=O) groups is 1. The predicted octanol–water partition coefficient (Wildman–Crippen LogP) is 0.691. The summed E-state index contributed by atoms with van der Waals surface area (Å²) in [5.41, 5.74) is -1.06. The van der Waals surface area contributed by atoms with E-state index in [0.29, 0.717) is 0 Å². The number of carbonyl (C=O) groups excluding carboxylic acids is 1. The minimum atomic E-state index is -4.57. The number of alkyl halides is 3. The number of rotatable bonds is 4. The van der Waals surface area contributed by atoms with Crippen molar-refractivity contribution >= 4 is 27.7 Å². The van der Waals surface area contributed by atoms with Crippen molar-refractivity contribution < 1.29 is 26.4 Å². The molecule has 0 aliphatic carbocycles. The van der Waals surface area contributed by atoms with E-state index in [0.717, 1.165) is 30.3 Å². The Kier molecular flexibility index (Phi) is 5.71. The fourth-order valence-electron chi connectivity index (χ4n) is 2.05. The fraction of sp³-hybridized carbons (Fsp3) is 0.583. The van der Waals surface area contributed by atoms with Crippen LogP contribution in [0.5, 0.6) is 0 Å². The molecule has 7 nitrogen and oxygen atoms in total. The molecule has 1 aliphatic heterocycles. The number of piperazine rings is 1. The molecule has 2 rings (SSSR count). The summed E-state index contributed by atoms with van der Waals surface area (Å²) in [4.78, 5) is 20.6. The Morgan fingerprint density at radius 3 is 2.46 bits per heavy atom. The lowest BCUT2D eigenvalue weighted by Gasteiger charge is -2.33. The lowest BCUT2D eigenvalue weighted by molar-refractivity contribution is -0.141. The third-order valence-corrected chi connectivity index (χ3v) is 5.46. The van der Waals surface area contributed by atoms with Gasteiger partial charge in [-0.05, 0) is 6.07 Å². The minimum Gasteiger partial charge on any atom is -0.339 e. The molecule has 0 spiro atoms. The first-order valence-corrected chi connectivity index (χ1v) is 9.67. The summed E-state index contributed by atoms with van der Waals surface area (Å²) in [6.07, 6.45) is -2.47. The Labute approximate surface area is 141 Å². The summed E-state index contributed by atoms with van der Waals surface area (Å²) in [5, 5.41) is -0.132. The van der Waals surface area contributed by atoms with Gasteiger partial charge in [-0.2, -0.15) is 17.5 Å². The minimum absolute atomic E-state index is 0.111. The highest BCUT2D eigenvalue weighted by Crippen LogP contribution is 2.28. The molecule has 0 bridgehead atoms. The van der Waals surface area contributed by atoms with Gasteiger partial charge in [-0.25, -0.2) is 18.4 Å². The van der Waals surface area contributed by atoms with Crippen molar-refractivity contribution in [2.75, 3.05) is 38.2 Å². The van der Waals surface area contributed by atoms with E-state index in [2.05, 4.69) is 9.97 Å². The average molecular weight is 384 g/mol. The number of thioether (sulfide) groups is 1. The lowest BCUT2D eigenvalue weighted by atomic mass is 10.3. The van der Waals surface area contributed by atoms with Crippen LogP contribution < -0.4 is 0 Å². The van der Waals surface area contributed by atoms with Crippen LogP contribution in [0.1, 0.15) is 5.69 Å². The maximum absolute atomic E-state index is 12.6. The molecule has 2 heterocycles. The first-order valence-electron chi connectivity index (χ1n) is 6.83. The van der Waals surface area contributed by atoms with Gasteiger partial charge in [-0.3, -0.25) is 4.79 Å². The van der Waals surface area contributed by atoms with Gasteiger partial charge in [0.2, 0.25) is 15.9 Å². The molecule has 12 heteroatoms. The Balaban J connectivity index is 1.88. The molecule has 0 aromatic carbocycles. The number of nitrogens with zero attached hydrogens (tertiary/aromatic N) is 4. The normalized spacial score (nSPS) is 17.1. The van der Waals surface area contributed by atoms with Gasteiger partial charge in [0, 0.05) is 32.4 Å². The Morgan fingerprint density at radius 2 is 1.92 bits per heavy atom. The number of aromatic nitrogens is 2. The molecule has 1 amide bonds. The molecule has 0 radical (unpaired) electrons. The van der Waals surface area contributed by atoms with Crippen molar-refractivity contribution in [1.29, 1.82) is 0 Å². The van der Waals surface area contributed by atoms with E-state index in [1.54, 1.807) is 0 Å². The van der Waals surface area contributed by atoms with Crippen molar-refractivity contribution in [3.8, 4) is 0 Å². The Hall–Kier alpha value is -1.40. The Morgan fingerprint density at radius 1 is 1.29 bits per heavy atom. The highest BCUT2D eigenvalue weighted by atomic mass is 32.2. The van der Waals surface area contributed by atoms with Crippen molar-refractivity contribution in [2.24, 2.45) is 0 Å². The van der Waals surface area contributed by atoms with Gasteiger partial charge in [0.25, 0.3) is 0 Å². The zero-order valence-electron chi connectivity index (χ0n) is 12.7. The molecule has 0 saturated carbocycles. The lowest BCUT2D eigenvalue weighted by Crippen LogP contribution is -2.50. The summed E-state index contributed by atoms with van der Waals surface area (Å²) in [7, 11) is -3.29. The Bertz CT molecular complexity index is 704. The molecule has 0 atom stereocenters. The highest BCUT2D eigenvalue weighted by molar-refractivity contribution is 7.99. The second-order valence-corrected chi connectivity index (χ2v) is 7.98. The first kappa shape index (κ1) is 18.9. The van der Waals surface area contributed by atoms with Crippen LogP contribution >= 0.6 is 11.8 Å². The quantitative estimate of drug-likeness (QED) is 0.561. The van der Waals surface area contributed by atoms with Gasteiger partial charge in [0.1, 0.15) is 5.69 Å². The average Bonchev–Trinajstić information content (AvgIpc) is 2.51. The second kappa shape index (κ2) is 7.23. The SMILES string of the molecule is CS(=O)(=O)N1CCN(C(=O)CSc2nccc(C(F)(F)F)n2)CC1. The van der Waals surface area contributed by atoms with E-state index in [-0.39, 0.29) is 43.0 Å². The van der Waals surface area contributed by atoms with Crippen LogP contribution in [0.4, 0.5) is 13.2 Å². The van der Waals surface area contributed by atoms with Gasteiger partial charge in [-0.1, -0.05) is 11.8 Å². The summed E-state index contributed by atoms with van der Waals surface area (Å²) in [6, 6.07) is 0.760. The van der Waals surface area contributed by atoms with E-state index in [9.17, 15) is 26.4 Å². The third kappa shape index (κ3) is 5.05. The maximum Gasteiger partial charge on any atom is 0.433 e. The molecular formula is C12H15F3N4O3S2. The number of halogens is 3. The zero-order chi connectivity index (χ0) is 18.0. The maximum atomic E-state index is 12.6. The fourth-order valence-corrected chi connectivity index (χ4v) is 3.61. The van der Waals surface area contributed by atoms with Crippen LogP contribution in [0.25, 0.3) is 0 Å². The van der Waals surface area contributed by atoms with Gasteiger partial charge in [-0.15, -0.1) is 0 Å². The number of hydrogen-bond donors (Lipinski definition) is 0. The first-order chi connectivity index (χ1) is 11.1. The van der Waals surface area contributed by atoms with E-state index in [4.69, 9.17) is 0 Å². The topological polar surface area (TPSA) is 83.5 Å². The van der Waals surface area contributed by atoms with E-state index in [1.807, 2.05) is 0 Å². The molecule has 1 aromatic heterocycles. The standard InChI is InChI=1S/C12H15F3N4O3S2/c1-24(21,22)19-6-4-18(5-7-19)10(20)8-23-11-16-3-2-9(17-11)12(13,14)15/h2-3H,4-8H2,1H3. The summed E-state index contributed by atoms with van der Waals surface area (Å²) in [6.45, 7) is 0.899. The van der Waals surface area contributed by atoms with E-state index < -0.39 is 21.9 Å². The largest absolute Gasteiger partial charge is 0.433 e. The molecule has 0 unspecified atom stereocenters. The van der Waals surface area contributed by atoms with Gasteiger partial charge >= 0.3 is 6.18 Å². The summed E-state index contributed by atoms with van der Waals surface area (Å²) in [5.74, 6) is -0.408. The molecule has 0 N–H and O–H groups in total. The van der Waals surface area contributed by atoms with Crippen LogP contribution in [0.15, 0.2) is 17.4 Å². The number of amides is 1. The van der Waals surface area contributed by atoms with Crippen molar-refractivity contribution in [1.82, 2.24) is 19.2 Å².